The molecule has 0 spiro atoms. The van der Waals surface area contributed by atoms with Crippen LogP contribution in [0.3, 0.4) is 0 Å². The monoisotopic (exact) mass is 336 g/mol. The highest BCUT2D eigenvalue weighted by Crippen LogP contribution is 2.36. The van der Waals surface area contributed by atoms with Gasteiger partial charge in [-0.1, -0.05) is 62.4 Å². The van der Waals surface area contributed by atoms with Crippen LogP contribution in [-0.4, -0.2) is 6.29 Å². The average Bonchev–Trinajstić information content (AvgIpc) is 2.76. The standard InChI is InChI=1S/C23H25FO/c1-15(2)19-11-10-17(4)23-20(12-18(5)21(23)13-19)9-7-6-8-16(3)22(24)14-25/h6-15H,1-5H3/b8-6+,9-7+,22-16-. The quantitative estimate of drug-likeness (QED) is 0.344. The zero-order valence-corrected chi connectivity index (χ0v) is 15.6. The van der Waals surface area contributed by atoms with Crippen LogP contribution in [0.1, 0.15) is 48.9 Å². The Morgan fingerprint density at radius 2 is 1.80 bits per heavy atom. The fourth-order valence-electron chi connectivity index (χ4n) is 2.90. The first kappa shape index (κ1) is 18.9. The van der Waals surface area contributed by atoms with Crippen molar-refractivity contribution in [1.82, 2.24) is 0 Å². The molecule has 0 aromatic rings. The highest BCUT2D eigenvalue weighted by molar-refractivity contribution is 5.84. The van der Waals surface area contributed by atoms with Crippen LogP contribution in [0.4, 0.5) is 4.39 Å². The molecule has 2 aliphatic rings. The summed E-state index contributed by atoms with van der Waals surface area (Å²) in [6.45, 7) is 10.2. The van der Waals surface area contributed by atoms with Gasteiger partial charge >= 0.3 is 0 Å². The molecule has 0 aliphatic heterocycles. The molecule has 0 atom stereocenters. The number of halogens is 1. The zero-order chi connectivity index (χ0) is 18.6. The van der Waals surface area contributed by atoms with E-state index in [0.717, 1.165) is 5.56 Å². The molecule has 0 aromatic heterocycles. The summed E-state index contributed by atoms with van der Waals surface area (Å²) in [6, 6.07) is 8.84. The van der Waals surface area contributed by atoms with Crippen LogP contribution in [0, 0.1) is 13.8 Å². The second kappa shape index (κ2) is 8.06. The molecule has 0 saturated heterocycles. The third kappa shape index (κ3) is 4.33. The van der Waals surface area contributed by atoms with E-state index >= 15 is 0 Å². The summed E-state index contributed by atoms with van der Waals surface area (Å²) in [7, 11) is 0. The van der Waals surface area contributed by atoms with Crippen molar-refractivity contribution in [2.75, 3.05) is 0 Å². The van der Waals surface area contributed by atoms with Gasteiger partial charge in [0.25, 0.3) is 0 Å². The van der Waals surface area contributed by atoms with Crippen LogP contribution in [0.2, 0.25) is 0 Å². The van der Waals surface area contributed by atoms with E-state index in [-0.39, 0.29) is 6.29 Å². The van der Waals surface area contributed by atoms with Crippen molar-refractivity contribution in [1.29, 1.82) is 0 Å². The summed E-state index contributed by atoms with van der Waals surface area (Å²) in [5.41, 5.74) is 7.82. The van der Waals surface area contributed by atoms with Crippen LogP contribution in [-0.2, 0) is 4.79 Å². The van der Waals surface area contributed by atoms with E-state index in [0.29, 0.717) is 11.5 Å². The van der Waals surface area contributed by atoms with Crippen LogP contribution < -0.4 is 0 Å². The van der Waals surface area contributed by atoms with E-state index in [1.165, 1.54) is 27.8 Å². The van der Waals surface area contributed by atoms with Gasteiger partial charge in [-0.05, 0) is 65.6 Å². The first-order valence-corrected chi connectivity index (χ1v) is 8.55. The number of aryl methyl sites for hydroxylation is 2. The number of carbonyl (C=O) groups is 1. The molecule has 130 valence electrons. The smallest absolute Gasteiger partial charge is 0.178 e. The van der Waals surface area contributed by atoms with E-state index in [2.05, 4.69) is 52.0 Å². The lowest BCUT2D eigenvalue weighted by Crippen LogP contribution is -1.84. The minimum absolute atomic E-state index is 0.229. The van der Waals surface area contributed by atoms with Crippen molar-refractivity contribution in [3.63, 3.8) is 0 Å². The summed E-state index contributed by atoms with van der Waals surface area (Å²) in [5.74, 6) is -0.253. The molecule has 0 bridgehead atoms. The highest BCUT2D eigenvalue weighted by Gasteiger charge is 2.14. The van der Waals surface area contributed by atoms with Crippen LogP contribution in [0.5, 0.6) is 0 Å². The molecular formula is C23H25FO. The molecule has 0 fully saturated rings. The van der Waals surface area contributed by atoms with E-state index in [9.17, 15) is 9.18 Å². The van der Waals surface area contributed by atoms with Gasteiger partial charge in [0, 0.05) is 0 Å². The summed E-state index contributed by atoms with van der Waals surface area (Å²) < 4.78 is 13.1. The van der Waals surface area contributed by atoms with Crippen molar-refractivity contribution in [2.45, 2.75) is 40.5 Å². The Balaban J connectivity index is 2.41. The molecule has 0 aromatic carbocycles. The number of allylic oxidation sites excluding steroid dienone is 5. The number of carbonyl (C=O) groups excluding carboxylic acids is 1. The highest BCUT2D eigenvalue weighted by atomic mass is 19.1. The topological polar surface area (TPSA) is 17.1 Å². The normalized spacial score (nSPS) is 13.2. The minimum Gasteiger partial charge on any atom is -0.295 e. The Morgan fingerprint density at radius 1 is 1.08 bits per heavy atom. The van der Waals surface area contributed by atoms with E-state index < -0.39 is 5.83 Å². The molecule has 1 nitrogen and oxygen atoms in total. The Bertz CT molecular complexity index is 838. The Kier molecular flexibility index (Phi) is 6.08. The molecule has 0 saturated carbocycles. The van der Waals surface area contributed by atoms with Gasteiger partial charge in [-0.25, -0.2) is 4.39 Å². The van der Waals surface area contributed by atoms with Crippen LogP contribution in [0.15, 0.2) is 53.9 Å². The predicted molar refractivity (Wildman–Crippen MR) is 105 cm³/mol. The van der Waals surface area contributed by atoms with Gasteiger partial charge in [0.15, 0.2) is 12.1 Å². The zero-order valence-electron chi connectivity index (χ0n) is 15.6. The van der Waals surface area contributed by atoms with Gasteiger partial charge in [-0.3, -0.25) is 4.79 Å². The molecule has 0 heterocycles. The number of rotatable bonds is 5. The second-order valence-corrected chi connectivity index (χ2v) is 6.75. The first-order chi connectivity index (χ1) is 11.8. The second-order valence-electron chi connectivity index (χ2n) is 6.75. The van der Waals surface area contributed by atoms with Crippen molar-refractivity contribution in [3.05, 3.63) is 76.1 Å². The molecule has 0 radical (unpaired) electrons. The maximum absolute atomic E-state index is 13.1. The van der Waals surface area contributed by atoms with Gasteiger partial charge in [0.1, 0.15) is 0 Å². The fourth-order valence-corrected chi connectivity index (χ4v) is 2.90. The predicted octanol–water partition coefficient (Wildman–Crippen LogP) is 6.54. The molecule has 2 aliphatic carbocycles. The van der Waals surface area contributed by atoms with Gasteiger partial charge in [-0.2, -0.15) is 0 Å². The number of fused-ring (bicyclic) bond motifs is 1. The lowest BCUT2D eigenvalue weighted by Gasteiger charge is -2.04. The summed E-state index contributed by atoms with van der Waals surface area (Å²) >= 11 is 0. The Hall–Kier alpha value is -2.48. The maximum Gasteiger partial charge on any atom is 0.178 e. The number of hydrogen-bond donors (Lipinski definition) is 0. The lowest BCUT2D eigenvalue weighted by molar-refractivity contribution is -0.106. The number of aldehydes is 1. The van der Waals surface area contributed by atoms with Crippen LogP contribution >= 0.6 is 0 Å². The Labute approximate surface area is 149 Å². The summed E-state index contributed by atoms with van der Waals surface area (Å²) in [4.78, 5) is 10.4. The molecule has 0 N–H and O–H groups in total. The molecule has 0 unspecified atom stereocenters. The van der Waals surface area contributed by atoms with Gasteiger partial charge < -0.3 is 0 Å². The SMILES string of the molecule is CC(/C=C/C=C/c1cc(C)c2cc(C(C)C)ccc(C)c1-2)=C(/F)C=O. The number of hydrogen-bond acceptors (Lipinski definition) is 1. The third-order valence-corrected chi connectivity index (χ3v) is 4.47. The van der Waals surface area contributed by atoms with Crippen molar-refractivity contribution < 1.29 is 9.18 Å². The van der Waals surface area contributed by atoms with Gasteiger partial charge in [-0.15, -0.1) is 0 Å². The molecular weight excluding hydrogens is 311 g/mol. The fraction of sp³-hybridized carbons (Fsp3) is 0.261. The summed E-state index contributed by atoms with van der Waals surface area (Å²) in [6.07, 6.45) is 7.49. The average molecular weight is 336 g/mol. The minimum atomic E-state index is -0.733. The van der Waals surface area contributed by atoms with Gasteiger partial charge in [0.2, 0.25) is 0 Å². The van der Waals surface area contributed by atoms with Crippen molar-refractivity contribution in [2.24, 2.45) is 0 Å². The first-order valence-electron chi connectivity index (χ1n) is 8.55. The molecule has 25 heavy (non-hydrogen) atoms. The Morgan fingerprint density at radius 3 is 2.44 bits per heavy atom. The maximum atomic E-state index is 13.1. The van der Waals surface area contributed by atoms with Crippen molar-refractivity contribution in [3.8, 4) is 11.1 Å². The molecule has 2 rings (SSSR count). The van der Waals surface area contributed by atoms with E-state index in [1.807, 2.05) is 12.2 Å². The van der Waals surface area contributed by atoms with Gasteiger partial charge in [0.05, 0.1) is 0 Å². The largest absolute Gasteiger partial charge is 0.295 e. The summed E-state index contributed by atoms with van der Waals surface area (Å²) in [5, 5.41) is 0. The van der Waals surface area contributed by atoms with E-state index in [1.54, 1.807) is 19.1 Å². The van der Waals surface area contributed by atoms with Crippen molar-refractivity contribution >= 4 is 12.4 Å². The van der Waals surface area contributed by atoms with E-state index in [4.69, 9.17) is 0 Å². The van der Waals surface area contributed by atoms with Crippen LogP contribution in [0.25, 0.3) is 17.2 Å². The third-order valence-electron chi connectivity index (χ3n) is 4.47. The lowest BCUT2D eigenvalue weighted by atomic mass is 10.0. The molecule has 0 amide bonds. The molecule has 2 heteroatoms.